The zero-order valence-corrected chi connectivity index (χ0v) is 12.6. The summed E-state index contributed by atoms with van der Waals surface area (Å²) >= 11 is 2.71. The topological polar surface area (TPSA) is 93.8 Å². The molecule has 0 fully saturated rings. The molecule has 0 saturated carbocycles. The van der Waals surface area contributed by atoms with Crippen LogP contribution in [0.4, 0.5) is 10.3 Å². The minimum atomic E-state index is -0.165. The fourth-order valence-corrected chi connectivity index (χ4v) is 2.69. The maximum absolute atomic E-state index is 11.8. The second kappa shape index (κ2) is 5.22. The molecule has 3 N–H and O–H groups in total. The first-order valence-electron chi connectivity index (χ1n) is 5.68. The molecule has 0 spiro atoms. The zero-order chi connectivity index (χ0) is 14.0. The first kappa shape index (κ1) is 13.9. The Kier molecular flexibility index (Phi) is 3.81. The van der Waals surface area contributed by atoms with Crippen molar-refractivity contribution >= 4 is 38.8 Å². The van der Waals surface area contributed by atoms with Crippen molar-refractivity contribution in [2.24, 2.45) is 0 Å². The standard InChI is InChI=1S/C11H15N5OS2/c1-11(2,3)8-15-16-10(19-8)14-7(17)4-6-5-18-9(12)13-6/h5H,4H2,1-3H3,(H2,12,13)(H,14,16,17). The molecule has 1 amide bonds. The lowest BCUT2D eigenvalue weighted by molar-refractivity contribution is -0.115. The summed E-state index contributed by atoms with van der Waals surface area (Å²) in [6.07, 6.45) is 0.193. The maximum Gasteiger partial charge on any atom is 0.232 e. The Labute approximate surface area is 119 Å². The van der Waals surface area contributed by atoms with Gasteiger partial charge in [0.2, 0.25) is 11.0 Å². The molecule has 8 heteroatoms. The van der Waals surface area contributed by atoms with E-state index in [1.165, 1.54) is 22.7 Å². The van der Waals surface area contributed by atoms with E-state index in [2.05, 4.69) is 41.3 Å². The van der Waals surface area contributed by atoms with Gasteiger partial charge in [-0.1, -0.05) is 32.1 Å². The largest absolute Gasteiger partial charge is 0.375 e. The molecule has 102 valence electrons. The molecule has 2 aromatic heterocycles. The number of carbonyl (C=O) groups excluding carboxylic acids is 1. The van der Waals surface area contributed by atoms with Crippen molar-refractivity contribution in [3.63, 3.8) is 0 Å². The highest BCUT2D eigenvalue weighted by atomic mass is 32.1. The number of anilines is 2. The van der Waals surface area contributed by atoms with Crippen molar-refractivity contribution in [1.82, 2.24) is 15.2 Å². The van der Waals surface area contributed by atoms with E-state index in [-0.39, 0.29) is 17.7 Å². The lowest BCUT2D eigenvalue weighted by Crippen LogP contribution is -2.14. The minimum absolute atomic E-state index is 0.0655. The van der Waals surface area contributed by atoms with E-state index >= 15 is 0 Å². The first-order chi connectivity index (χ1) is 8.84. The van der Waals surface area contributed by atoms with Crippen LogP contribution >= 0.6 is 22.7 Å². The summed E-state index contributed by atoms with van der Waals surface area (Å²) < 4.78 is 0. The van der Waals surface area contributed by atoms with Gasteiger partial charge in [0.05, 0.1) is 12.1 Å². The third kappa shape index (κ3) is 3.71. The molecule has 2 aromatic rings. The van der Waals surface area contributed by atoms with E-state index in [4.69, 9.17) is 5.73 Å². The van der Waals surface area contributed by atoms with Crippen molar-refractivity contribution in [2.45, 2.75) is 32.6 Å². The number of nitrogens with one attached hydrogen (secondary N) is 1. The highest BCUT2D eigenvalue weighted by molar-refractivity contribution is 7.15. The van der Waals surface area contributed by atoms with Gasteiger partial charge in [-0.15, -0.1) is 21.5 Å². The molecular formula is C11H15N5OS2. The Morgan fingerprint density at radius 1 is 1.42 bits per heavy atom. The Morgan fingerprint density at radius 3 is 2.68 bits per heavy atom. The number of carbonyl (C=O) groups is 1. The maximum atomic E-state index is 11.8. The van der Waals surface area contributed by atoms with Crippen LogP contribution in [0.25, 0.3) is 0 Å². The predicted molar refractivity (Wildman–Crippen MR) is 77.5 cm³/mol. The molecule has 6 nitrogen and oxygen atoms in total. The number of amides is 1. The molecule has 0 unspecified atom stereocenters. The third-order valence-corrected chi connectivity index (χ3v) is 4.21. The van der Waals surface area contributed by atoms with E-state index in [1.807, 2.05) is 0 Å². The van der Waals surface area contributed by atoms with Crippen molar-refractivity contribution in [3.05, 3.63) is 16.1 Å². The molecular weight excluding hydrogens is 282 g/mol. The molecule has 2 heterocycles. The van der Waals surface area contributed by atoms with Crippen molar-refractivity contribution < 1.29 is 4.79 Å². The number of nitrogens with zero attached hydrogens (tertiary/aromatic N) is 3. The van der Waals surface area contributed by atoms with Gasteiger partial charge in [0.25, 0.3) is 0 Å². The fourth-order valence-electron chi connectivity index (χ4n) is 1.31. The van der Waals surface area contributed by atoms with Crippen LogP contribution in [-0.4, -0.2) is 21.1 Å². The molecule has 2 rings (SSSR count). The number of nitrogen functional groups attached to an aromatic ring is 1. The summed E-state index contributed by atoms with van der Waals surface area (Å²) in [7, 11) is 0. The predicted octanol–water partition coefficient (Wildman–Crippen LogP) is 2.06. The van der Waals surface area contributed by atoms with Gasteiger partial charge in [0.15, 0.2) is 5.13 Å². The number of hydrogen-bond acceptors (Lipinski definition) is 7. The second-order valence-electron chi connectivity index (χ2n) is 5.06. The summed E-state index contributed by atoms with van der Waals surface area (Å²) in [4.78, 5) is 15.8. The molecule has 0 radical (unpaired) electrons. The van der Waals surface area contributed by atoms with Crippen LogP contribution in [0.5, 0.6) is 0 Å². The Hall–Kier alpha value is -1.54. The summed E-state index contributed by atoms with van der Waals surface area (Å²) in [6.45, 7) is 6.16. The zero-order valence-electron chi connectivity index (χ0n) is 10.9. The summed E-state index contributed by atoms with van der Waals surface area (Å²) in [6, 6.07) is 0. The van der Waals surface area contributed by atoms with Crippen LogP contribution in [-0.2, 0) is 16.6 Å². The SMILES string of the molecule is CC(C)(C)c1nnc(NC(=O)Cc2csc(N)n2)s1. The average molecular weight is 297 g/mol. The molecule has 0 aromatic carbocycles. The number of aromatic nitrogens is 3. The number of hydrogen-bond donors (Lipinski definition) is 2. The van der Waals surface area contributed by atoms with Crippen LogP contribution in [0, 0.1) is 0 Å². The summed E-state index contributed by atoms with van der Waals surface area (Å²) in [5.74, 6) is -0.165. The van der Waals surface area contributed by atoms with Gasteiger partial charge >= 0.3 is 0 Å². The summed E-state index contributed by atoms with van der Waals surface area (Å²) in [5.41, 5.74) is 6.12. The van der Waals surface area contributed by atoms with Gasteiger partial charge in [0.1, 0.15) is 5.01 Å². The smallest absolute Gasteiger partial charge is 0.232 e. The monoisotopic (exact) mass is 297 g/mol. The minimum Gasteiger partial charge on any atom is -0.375 e. The van der Waals surface area contributed by atoms with Gasteiger partial charge in [-0.3, -0.25) is 4.79 Å². The Balaban J connectivity index is 1.97. The van der Waals surface area contributed by atoms with Crippen molar-refractivity contribution in [3.8, 4) is 0 Å². The molecule has 19 heavy (non-hydrogen) atoms. The van der Waals surface area contributed by atoms with Crippen LogP contribution in [0.2, 0.25) is 0 Å². The Morgan fingerprint density at radius 2 is 2.16 bits per heavy atom. The fraction of sp³-hybridized carbons (Fsp3) is 0.455. The molecule has 0 aliphatic heterocycles. The van der Waals surface area contributed by atoms with Gasteiger partial charge in [-0.05, 0) is 0 Å². The van der Waals surface area contributed by atoms with Crippen LogP contribution in [0.1, 0.15) is 31.5 Å². The van der Waals surface area contributed by atoms with E-state index < -0.39 is 0 Å². The molecule has 0 atom stereocenters. The summed E-state index contributed by atoms with van der Waals surface area (Å²) in [5, 5.41) is 14.4. The average Bonchev–Trinajstić information content (AvgIpc) is 2.87. The van der Waals surface area contributed by atoms with Crippen LogP contribution in [0.3, 0.4) is 0 Å². The van der Waals surface area contributed by atoms with E-state index in [9.17, 15) is 4.79 Å². The van der Waals surface area contributed by atoms with Gasteiger partial charge in [-0.2, -0.15) is 0 Å². The first-order valence-corrected chi connectivity index (χ1v) is 7.38. The lowest BCUT2D eigenvalue weighted by atomic mass is 9.98. The van der Waals surface area contributed by atoms with Crippen molar-refractivity contribution in [2.75, 3.05) is 11.1 Å². The number of thiazole rings is 1. The molecule has 0 aliphatic carbocycles. The normalized spacial score (nSPS) is 11.5. The van der Waals surface area contributed by atoms with Crippen LogP contribution in [0.15, 0.2) is 5.38 Å². The van der Waals surface area contributed by atoms with Crippen LogP contribution < -0.4 is 11.1 Å². The second-order valence-corrected chi connectivity index (χ2v) is 6.93. The van der Waals surface area contributed by atoms with E-state index in [1.54, 1.807) is 5.38 Å². The van der Waals surface area contributed by atoms with Gasteiger partial charge < -0.3 is 11.1 Å². The van der Waals surface area contributed by atoms with Gasteiger partial charge in [-0.25, -0.2) is 4.98 Å². The molecule has 0 bridgehead atoms. The van der Waals surface area contributed by atoms with E-state index in [0.717, 1.165) is 5.01 Å². The van der Waals surface area contributed by atoms with Gasteiger partial charge in [0, 0.05) is 10.8 Å². The highest BCUT2D eigenvalue weighted by Crippen LogP contribution is 2.27. The Bertz CT molecular complexity index is 584. The molecule has 0 aliphatic rings. The lowest BCUT2D eigenvalue weighted by Gasteiger charge is -2.12. The number of rotatable bonds is 3. The third-order valence-electron chi connectivity index (χ3n) is 2.22. The highest BCUT2D eigenvalue weighted by Gasteiger charge is 2.20. The van der Waals surface area contributed by atoms with Crippen molar-refractivity contribution in [1.29, 1.82) is 0 Å². The van der Waals surface area contributed by atoms with E-state index in [0.29, 0.717) is 16.0 Å². The number of nitrogens with two attached hydrogens (primary N) is 1. The quantitative estimate of drug-likeness (QED) is 0.904. The molecule has 0 saturated heterocycles.